The average molecular weight is 336 g/mol. The van der Waals surface area contributed by atoms with Crippen molar-refractivity contribution in [3.05, 3.63) is 102 Å². The van der Waals surface area contributed by atoms with E-state index >= 15 is 0 Å². The van der Waals surface area contributed by atoms with Crippen molar-refractivity contribution in [3.63, 3.8) is 0 Å². The van der Waals surface area contributed by atoms with Crippen molar-refractivity contribution in [3.8, 4) is 11.5 Å². The van der Waals surface area contributed by atoms with Crippen LogP contribution in [0.2, 0.25) is 0 Å². The lowest BCUT2D eigenvalue weighted by atomic mass is 10.2. The lowest BCUT2D eigenvalue weighted by Crippen LogP contribution is -1.98. The molecule has 120 valence electrons. The maximum Gasteiger partial charge on any atom is 0.455 e. The second-order valence-corrected chi connectivity index (χ2v) is 6.82. The fourth-order valence-electron chi connectivity index (χ4n) is 2.08. The van der Waals surface area contributed by atoms with Gasteiger partial charge in [-0.2, -0.15) is 0 Å². The highest BCUT2D eigenvalue weighted by molar-refractivity contribution is 7.58. The third kappa shape index (κ3) is 4.61. The van der Waals surface area contributed by atoms with Crippen LogP contribution in [0.1, 0.15) is 5.56 Å². The van der Waals surface area contributed by atoms with Crippen LogP contribution in [0.4, 0.5) is 0 Å². The van der Waals surface area contributed by atoms with E-state index < -0.39 is 7.60 Å². The minimum atomic E-state index is -3.51. The van der Waals surface area contributed by atoms with Gasteiger partial charge in [-0.1, -0.05) is 66.7 Å². The standard InChI is InChI=1S/C20H17O3P/c21-24(22-19-12-6-2-7-13-19,23-20-14-8-3-9-15-20)17-16-18-10-4-1-5-11-18/h1-17H. The highest BCUT2D eigenvalue weighted by atomic mass is 31.2. The quantitative estimate of drug-likeness (QED) is 0.517. The van der Waals surface area contributed by atoms with Crippen LogP contribution in [0.25, 0.3) is 6.08 Å². The van der Waals surface area contributed by atoms with Gasteiger partial charge in [0.1, 0.15) is 11.5 Å². The van der Waals surface area contributed by atoms with Crippen molar-refractivity contribution >= 4 is 13.7 Å². The van der Waals surface area contributed by atoms with Crippen molar-refractivity contribution in [1.82, 2.24) is 0 Å². The minimum absolute atomic E-state index is 0.495. The summed E-state index contributed by atoms with van der Waals surface area (Å²) >= 11 is 0. The van der Waals surface area contributed by atoms with Gasteiger partial charge >= 0.3 is 7.60 Å². The number of benzene rings is 3. The Morgan fingerprint density at radius 2 is 1.04 bits per heavy atom. The second kappa shape index (κ2) is 7.67. The van der Waals surface area contributed by atoms with Crippen LogP contribution in [0, 0.1) is 0 Å². The van der Waals surface area contributed by atoms with Gasteiger partial charge in [0.2, 0.25) is 0 Å². The van der Waals surface area contributed by atoms with Crippen LogP contribution in [-0.2, 0) is 4.57 Å². The summed E-state index contributed by atoms with van der Waals surface area (Å²) in [6.07, 6.45) is 1.74. The van der Waals surface area contributed by atoms with Crippen LogP contribution >= 0.6 is 7.60 Å². The summed E-state index contributed by atoms with van der Waals surface area (Å²) in [7, 11) is -3.51. The molecule has 0 saturated carbocycles. The summed E-state index contributed by atoms with van der Waals surface area (Å²) in [5.74, 6) is 2.48. The molecule has 0 saturated heterocycles. The second-order valence-electron chi connectivity index (χ2n) is 5.07. The molecule has 0 aromatic heterocycles. The van der Waals surface area contributed by atoms with Gasteiger partial charge in [-0.25, -0.2) is 4.57 Å². The summed E-state index contributed by atoms with van der Waals surface area (Å²) in [6.45, 7) is 0. The first kappa shape index (κ1) is 16.1. The van der Waals surface area contributed by atoms with Crippen molar-refractivity contribution in [2.75, 3.05) is 0 Å². The van der Waals surface area contributed by atoms with E-state index in [4.69, 9.17) is 9.05 Å². The van der Waals surface area contributed by atoms with Crippen LogP contribution in [0.3, 0.4) is 0 Å². The smallest absolute Gasteiger partial charge is 0.413 e. The van der Waals surface area contributed by atoms with Crippen LogP contribution in [0.15, 0.2) is 96.8 Å². The minimum Gasteiger partial charge on any atom is -0.413 e. The van der Waals surface area contributed by atoms with E-state index in [0.29, 0.717) is 11.5 Å². The Morgan fingerprint density at radius 3 is 1.50 bits per heavy atom. The maximum atomic E-state index is 13.2. The third-order valence-electron chi connectivity index (χ3n) is 3.20. The van der Waals surface area contributed by atoms with Gasteiger partial charge in [0.15, 0.2) is 0 Å². The molecule has 3 nitrogen and oxygen atoms in total. The summed E-state index contributed by atoms with van der Waals surface area (Å²) in [6, 6.07) is 27.6. The van der Waals surface area contributed by atoms with Crippen molar-refractivity contribution < 1.29 is 13.6 Å². The number of hydrogen-bond acceptors (Lipinski definition) is 3. The molecule has 0 fully saturated rings. The fraction of sp³-hybridized carbons (Fsp3) is 0. The van der Waals surface area contributed by atoms with Crippen LogP contribution in [-0.4, -0.2) is 0 Å². The van der Waals surface area contributed by atoms with Gasteiger partial charge in [0.05, 0.1) is 5.82 Å². The van der Waals surface area contributed by atoms with Crippen LogP contribution < -0.4 is 9.05 Å². The lowest BCUT2D eigenvalue weighted by Gasteiger charge is -2.17. The summed E-state index contributed by atoms with van der Waals surface area (Å²) < 4.78 is 24.5. The molecule has 24 heavy (non-hydrogen) atoms. The Balaban J connectivity index is 1.88. The number of hydrogen-bond donors (Lipinski definition) is 0. The highest BCUT2D eigenvalue weighted by Crippen LogP contribution is 2.50. The van der Waals surface area contributed by atoms with Gasteiger partial charge in [-0.05, 0) is 35.9 Å². The predicted octanol–water partition coefficient (Wildman–Crippen LogP) is 6.01. The first-order valence-electron chi connectivity index (χ1n) is 7.57. The topological polar surface area (TPSA) is 35.5 Å². The molecule has 0 atom stereocenters. The molecule has 0 aliphatic rings. The Bertz CT molecular complexity index is 785. The van der Waals surface area contributed by atoms with Gasteiger partial charge < -0.3 is 9.05 Å². The molecule has 0 N–H and O–H groups in total. The first-order valence-corrected chi connectivity index (χ1v) is 9.18. The zero-order chi connectivity index (χ0) is 16.7. The predicted molar refractivity (Wildman–Crippen MR) is 97.2 cm³/mol. The lowest BCUT2D eigenvalue weighted by molar-refractivity contribution is 0.398. The van der Waals surface area contributed by atoms with E-state index in [1.165, 1.54) is 5.82 Å². The van der Waals surface area contributed by atoms with E-state index in [1.54, 1.807) is 30.3 Å². The third-order valence-corrected chi connectivity index (χ3v) is 4.65. The Hall–Kier alpha value is -2.77. The SMILES string of the molecule is O=P(C=Cc1ccccc1)(Oc1ccccc1)Oc1ccccc1. The Morgan fingerprint density at radius 1 is 0.625 bits per heavy atom. The molecule has 4 heteroatoms. The monoisotopic (exact) mass is 336 g/mol. The van der Waals surface area contributed by atoms with E-state index in [0.717, 1.165) is 5.56 Å². The molecule has 0 aliphatic heterocycles. The molecular weight excluding hydrogens is 319 g/mol. The van der Waals surface area contributed by atoms with Crippen LogP contribution in [0.5, 0.6) is 11.5 Å². The maximum absolute atomic E-state index is 13.2. The zero-order valence-corrected chi connectivity index (χ0v) is 13.9. The molecule has 0 spiro atoms. The van der Waals surface area contributed by atoms with Crippen molar-refractivity contribution in [2.24, 2.45) is 0 Å². The molecule has 0 bridgehead atoms. The Labute approximate surface area is 141 Å². The van der Waals surface area contributed by atoms with E-state index in [-0.39, 0.29) is 0 Å². The highest BCUT2D eigenvalue weighted by Gasteiger charge is 2.24. The molecule has 0 radical (unpaired) electrons. The van der Waals surface area contributed by atoms with Gasteiger partial charge in [-0.3, -0.25) is 0 Å². The normalized spacial score (nSPS) is 11.3. The molecule has 3 aromatic carbocycles. The van der Waals surface area contributed by atoms with Gasteiger partial charge in [-0.15, -0.1) is 0 Å². The Kier molecular flexibility index (Phi) is 5.15. The fourth-order valence-corrected chi connectivity index (χ4v) is 3.42. The molecule has 3 rings (SSSR count). The van der Waals surface area contributed by atoms with Gasteiger partial charge in [0.25, 0.3) is 0 Å². The van der Waals surface area contributed by atoms with Crippen molar-refractivity contribution in [2.45, 2.75) is 0 Å². The molecular formula is C20H17O3P. The number of para-hydroxylation sites is 2. The molecule has 3 aromatic rings. The van der Waals surface area contributed by atoms with E-state index in [9.17, 15) is 4.57 Å². The molecule has 0 heterocycles. The molecule has 0 amide bonds. The van der Waals surface area contributed by atoms with E-state index in [1.807, 2.05) is 66.7 Å². The molecule has 0 aliphatic carbocycles. The summed E-state index contributed by atoms with van der Waals surface area (Å²) in [5, 5.41) is 0. The molecule has 0 unspecified atom stereocenters. The summed E-state index contributed by atoms with van der Waals surface area (Å²) in [4.78, 5) is 0. The summed E-state index contributed by atoms with van der Waals surface area (Å²) in [5.41, 5.74) is 0.922. The first-order chi connectivity index (χ1) is 11.7. The number of rotatable bonds is 6. The average Bonchev–Trinajstić information content (AvgIpc) is 2.63. The van der Waals surface area contributed by atoms with Gasteiger partial charge in [0, 0.05) is 0 Å². The van der Waals surface area contributed by atoms with Crippen molar-refractivity contribution in [1.29, 1.82) is 0 Å². The largest absolute Gasteiger partial charge is 0.455 e. The van der Waals surface area contributed by atoms with E-state index in [2.05, 4.69) is 0 Å². The zero-order valence-electron chi connectivity index (χ0n) is 13.0.